The van der Waals surface area contributed by atoms with Crippen molar-refractivity contribution in [2.24, 2.45) is 4.99 Å². The number of hydrogen-bond donors (Lipinski definition) is 2. The molecule has 1 aromatic rings. The highest BCUT2D eigenvalue weighted by Gasteiger charge is 2.33. The normalized spacial score (nSPS) is 19.4. The van der Waals surface area contributed by atoms with E-state index >= 15 is 0 Å². The molecule has 0 bridgehead atoms. The van der Waals surface area contributed by atoms with Gasteiger partial charge in [-0.25, -0.2) is 13.8 Å². The van der Waals surface area contributed by atoms with Crippen LogP contribution in [0.15, 0.2) is 29.3 Å². The lowest BCUT2D eigenvalue weighted by atomic mass is 9.90. The van der Waals surface area contributed by atoms with Crippen LogP contribution in [0, 0.1) is 0 Å². The van der Waals surface area contributed by atoms with Crippen LogP contribution in [0.5, 0.6) is 5.75 Å². The van der Waals surface area contributed by atoms with Crippen LogP contribution < -0.4 is 15.4 Å². The third kappa shape index (κ3) is 5.78. The largest absolute Gasteiger partial charge is 0.487 e. The van der Waals surface area contributed by atoms with E-state index in [0.717, 1.165) is 17.7 Å². The van der Waals surface area contributed by atoms with Gasteiger partial charge in [-0.3, -0.25) is 0 Å². The van der Waals surface area contributed by atoms with Crippen LogP contribution in [0.4, 0.5) is 8.78 Å². The van der Waals surface area contributed by atoms with Crippen molar-refractivity contribution in [3.63, 3.8) is 0 Å². The predicted octanol–water partition coefficient (Wildman–Crippen LogP) is 3.73. The number of hydrogen-bond acceptors (Lipinski definition) is 2. The predicted molar refractivity (Wildman–Crippen MR) is 99.0 cm³/mol. The Morgan fingerprint density at radius 3 is 2.74 bits per heavy atom. The molecular weight excluding hydrogens is 415 g/mol. The standard InChI is InChI=1S/C16H23F2N3O.HI/c1-4-19-15(20-10-14(17)18)21-12-9-16(2,3)22-13-8-6-5-7-11(12)13;/h5-8,12,14H,4,9-10H2,1-3H3,(H2,19,20,21);1H. The van der Waals surface area contributed by atoms with E-state index in [1.54, 1.807) is 0 Å². The van der Waals surface area contributed by atoms with E-state index in [-0.39, 0.29) is 35.6 Å². The zero-order valence-electron chi connectivity index (χ0n) is 13.6. The molecule has 7 heteroatoms. The highest BCUT2D eigenvalue weighted by Crippen LogP contribution is 2.39. The fraction of sp³-hybridized carbons (Fsp3) is 0.562. The van der Waals surface area contributed by atoms with Gasteiger partial charge >= 0.3 is 0 Å². The number of aliphatic imine (C=N–C) groups is 1. The number of nitrogens with zero attached hydrogens (tertiary/aromatic N) is 1. The lowest BCUT2D eigenvalue weighted by Crippen LogP contribution is -2.45. The van der Waals surface area contributed by atoms with Crippen LogP contribution >= 0.6 is 24.0 Å². The number of guanidine groups is 1. The third-order valence-corrected chi connectivity index (χ3v) is 3.42. The van der Waals surface area contributed by atoms with E-state index in [2.05, 4.69) is 15.6 Å². The van der Waals surface area contributed by atoms with Crippen molar-refractivity contribution < 1.29 is 13.5 Å². The van der Waals surface area contributed by atoms with Crippen LogP contribution in [0.2, 0.25) is 0 Å². The topological polar surface area (TPSA) is 45.7 Å². The quantitative estimate of drug-likeness (QED) is 0.427. The minimum atomic E-state index is -2.45. The molecule has 4 nitrogen and oxygen atoms in total. The molecule has 2 rings (SSSR count). The summed E-state index contributed by atoms with van der Waals surface area (Å²) in [6, 6.07) is 7.74. The van der Waals surface area contributed by atoms with Gasteiger partial charge in [0.15, 0.2) is 5.96 Å². The molecule has 1 aromatic carbocycles. The lowest BCUT2D eigenvalue weighted by Gasteiger charge is -2.38. The number of halogens is 3. The minimum Gasteiger partial charge on any atom is -0.487 e. The maximum atomic E-state index is 12.4. The Kier molecular flexibility index (Phi) is 7.50. The van der Waals surface area contributed by atoms with Gasteiger partial charge in [-0.2, -0.15) is 0 Å². The minimum absolute atomic E-state index is 0. The first-order chi connectivity index (χ1) is 10.4. The molecule has 1 aliphatic heterocycles. The van der Waals surface area contributed by atoms with E-state index in [1.165, 1.54) is 0 Å². The van der Waals surface area contributed by atoms with Crippen LogP contribution in [0.3, 0.4) is 0 Å². The molecule has 0 radical (unpaired) electrons. The number of benzene rings is 1. The van der Waals surface area contributed by atoms with E-state index in [1.807, 2.05) is 45.0 Å². The molecule has 2 N–H and O–H groups in total. The van der Waals surface area contributed by atoms with Crippen molar-refractivity contribution in [1.82, 2.24) is 10.6 Å². The molecule has 1 aliphatic rings. The molecule has 1 unspecified atom stereocenters. The SMILES string of the molecule is CCNC(=NCC(F)F)NC1CC(C)(C)Oc2ccccc21.I. The first-order valence-electron chi connectivity index (χ1n) is 7.52. The molecule has 23 heavy (non-hydrogen) atoms. The Bertz CT molecular complexity index is 538. The molecular formula is C16H24F2IN3O. The number of alkyl halides is 2. The molecule has 0 amide bonds. The average Bonchev–Trinajstić information content (AvgIpc) is 2.43. The maximum Gasteiger partial charge on any atom is 0.257 e. The monoisotopic (exact) mass is 439 g/mol. The second-order valence-corrected chi connectivity index (χ2v) is 5.91. The van der Waals surface area contributed by atoms with Gasteiger partial charge in [-0.15, -0.1) is 24.0 Å². The number of fused-ring (bicyclic) bond motifs is 1. The zero-order valence-corrected chi connectivity index (χ0v) is 15.9. The Hall–Kier alpha value is -1.12. The summed E-state index contributed by atoms with van der Waals surface area (Å²) >= 11 is 0. The molecule has 0 spiro atoms. The van der Waals surface area contributed by atoms with E-state index in [0.29, 0.717) is 12.5 Å². The second-order valence-electron chi connectivity index (χ2n) is 5.91. The van der Waals surface area contributed by atoms with Gasteiger partial charge in [0.2, 0.25) is 0 Å². The number of rotatable bonds is 4. The van der Waals surface area contributed by atoms with Crippen LogP contribution in [0.1, 0.15) is 38.8 Å². The van der Waals surface area contributed by atoms with Gasteiger partial charge in [0.05, 0.1) is 6.04 Å². The number of para-hydroxylation sites is 1. The van der Waals surface area contributed by atoms with Crippen LogP contribution in [-0.2, 0) is 0 Å². The summed E-state index contributed by atoms with van der Waals surface area (Å²) in [5.74, 6) is 1.22. The van der Waals surface area contributed by atoms with E-state index in [9.17, 15) is 8.78 Å². The summed E-state index contributed by atoms with van der Waals surface area (Å²) in [7, 11) is 0. The zero-order chi connectivity index (χ0) is 16.2. The van der Waals surface area contributed by atoms with Crippen molar-refractivity contribution >= 4 is 29.9 Å². The van der Waals surface area contributed by atoms with E-state index in [4.69, 9.17) is 4.74 Å². The van der Waals surface area contributed by atoms with Crippen molar-refractivity contribution in [3.8, 4) is 5.75 Å². The fourth-order valence-electron chi connectivity index (χ4n) is 2.58. The fourth-order valence-corrected chi connectivity index (χ4v) is 2.58. The Morgan fingerprint density at radius 2 is 2.09 bits per heavy atom. The number of ether oxygens (including phenoxy) is 1. The third-order valence-electron chi connectivity index (χ3n) is 3.42. The van der Waals surface area contributed by atoms with Gasteiger partial charge in [-0.05, 0) is 26.8 Å². The van der Waals surface area contributed by atoms with Gasteiger partial charge in [0.1, 0.15) is 17.9 Å². The van der Waals surface area contributed by atoms with Gasteiger partial charge < -0.3 is 15.4 Å². The first-order valence-corrected chi connectivity index (χ1v) is 7.52. The maximum absolute atomic E-state index is 12.4. The molecule has 0 saturated heterocycles. The van der Waals surface area contributed by atoms with Crippen molar-refractivity contribution in [3.05, 3.63) is 29.8 Å². The molecule has 130 valence electrons. The highest BCUT2D eigenvalue weighted by molar-refractivity contribution is 14.0. The average molecular weight is 439 g/mol. The van der Waals surface area contributed by atoms with Crippen molar-refractivity contribution in [2.75, 3.05) is 13.1 Å². The van der Waals surface area contributed by atoms with Crippen molar-refractivity contribution in [2.45, 2.75) is 45.3 Å². The molecule has 0 saturated carbocycles. The molecule has 1 heterocycles. The smallest absolute Gasteiger partial charge is 0.257 e. The summed E-state index contributed by atoms with van der Waals surface area (Å²) < 4.78 is 30.8. The van der Waals surface area contributed by atoms with Gasteiger partial charge in [0.25, 0.3) is 6.43 Å². The Balaban J connectivity index is 0.00000264. The molecule has 0 aromatic heterocycles. The highest BCUT2D eigenvalue weighted by atomic mass is 127. The Morgan fingerprint density at radius 1 is 1.39 bits per heavy atom. The van der Waals surface area contributed by atoms with Crippen LogP contribution in [-0.4, -0.2) is 31.1 Å². The van der Waals surface area contributed by atoms with Crippen molar-refractivity contribution in [1.29, 1.82) is 0 Å². The first kappa shape index (κ1) is 19.9. The molecule has 0 aliphatic carbocycles. The summed E-state index contributed by atoms with van der Waals surface area (Å²) in [5.41, 5.74) is 0.691. The Labute approximate surface area is 153 Å². The summed E-state index contributed by atoms with van der Waals surface area (Å²) in [6.07, 6.45) is -1.72. The molecule has 1 atom stereocenters. The van der Waals surface area contributed by atoms with E-state index < -0.39 is 13.0 Å². The summed E-state index contributed by atoms with van der Waals surface area (Å²) in [4.78, 5) is 3.93. The number of nitrogens with one attached hydrogen (secondary N) is 2. The molecule has 0 fully saturated rings. The summed E-state index contributed by atoms with van der Waals surface area (Å²) in [5, 5.41) is 6.26. The van der Waals surface area contributed by atoms with Gasteiger partial charge in [-0.1, -0.05) is 18.2 Å². The van der Waals surface area contributed by atoms with Crippen LogP contribution in [0.25, 0.3) is 0 Å². The lowest BCUT2D eigenvalue weighted by molar-refractivity contribution is 0.0693. The second kappa shape index (κ2) is 8.65. The summed E-state index contributed by atoms with van der Waals surface area (Å²) in [6.45, 7) is 6.04. The van der Waals surface area contributed by atoms with Gasteiger partial charge in [0, 0.05) is 18.5 Å².